The number of aliphatic hydroxyl groups is 1. The minimum atomic E-state index is 0.234. The zero-order valence-corrected chi connectivity index (χ0v) is 15.3. The Balaban J connectivity index is 1.60. The Labute approximate surface area is 147 Å². The van der Waals surface area contributed by atoms with E-state index >= 15 is 0 Å². The SMILES string of the molecule is CN(C)[C@@H]1CC[C@@H](Nc2ncnc3sc4c(c23)CCC4)[C@@H](CO)C1. The van der Waals surface area contributed by atoms with Gasteiger partial charge < -0.3 is 15.3 Å². The molecule has 2 N–H and O–H groups in total. The zero-order valence-electron chi connectivity index (χ0n) is 14.5. The van der Waals surface area contributed by atoms with Crippen molar-refractivity contribution < 1.29 is 5.11 Å². The third kappa shape index (κ3) is 2.80. The van der Waals surface area contributed by atoms with E-state index in [0.717, 1.165) is 36.3 Å². The van der Waals surface area contributed by atoms with Crippen molar-refractivity contribution in [2.45, 2.75) is 50.6 Å². The van der Waals surface area contributed by atoms with E-state index in [1.54, 1.807) is 6.33 Å². The van der Waals surface area contributed by atoms with Crippen molar-refractivity contribution in [2.75, 3.05) is 26.0 Å². The number of aliphatic hydroxyl groups excluding tert-OH is 1. The average Bonchev–Trinajstić information content (AvgIpc) is 3.16. The number of anilines is 1. The van der Waals surface area contributed by atoms with Crippen molar-refractivity contribution in [3.05, 3.63) is 16.8 Å². The summed E-state index contributed by atoms with van der Waals surface area (Å²) >= 11 is 1.83. The first-order chi connectivity index (χ1) is 11.7. The highest BCUT2D eigenvalue weighted by Crippen LogP contribution is 2.40. The van der Waals surface area contributed by atoms with Gasteiger partial charge >= 0.3 is 0 Å². The quantitative estimate of drug-likeness (QED) is 0.891. The second-order valence-electron chi connectivity index (χ2n) is 7.38. The Bertz CT molecular complexity index is 729. The molecular weight excluding hydrogens is 320 g/mol. The standard InChI is InChI=1S/C18H26N4OS/c1-22(2)12-6-7-14(11(8-12)9-23)21-17-16-13-4-3-5-15(13)24-18(16)20-10-19-17/h10-12,14,23H,3-9H2,1-2H3,(H,19,20,21)/t11-,12-,14-/m1/s1. The van der Waals surface area contributed by atoms with Crippen LogP contribution in [-0.4, -0.2) is 52.8 Å². The molecular formula is C18H26N4OS. The molecule has 24 heavy (non-hydrogen) atoms. The molecule has 0 bridgehead atoms. The number of fused-ring (bicyclic) bond motifs is 3. The monoisotopic (exact) mass is 346 g/mol. The lowest BCUT2D eigenvalue weighted by Gasteiger charge is -2.38. The average molecular weight is 347 g/mol. The van der Waals surface area contributed by atoms with Gasteiger partial charge in [0.1, 0.15) is 17.0 Å². The molecule has 5 nitrogen and oxygen atoms in total. The maximum Gasteiger partial charge on any atom is 0.138 e. The van der Waals surface area contributed by atoms with Crippen LogP contribution in [0.25, 0.3) is 10.2 Å². The van der Waals surface area contributed by atoms with Gasteiger partial charge in [-0.1, -0.05) is 0 Å². The Morgan fingerprint density at radius 3 is 2.96 bits per heavy atom. The number of rotatable bonds is 4. The van der Waals surface area contributed by atoms with Gasteiger partial charge in [-0.25, -0.2) is 9.97 Å². The molecule has 1 saturated carbocycles. The number of nitrogens with zero attached hydrogens (tertiary/aromatic N) is 3. The van der Waals surface area contributed by atoms with Crippen LogP contribution in [0.15, 0.2) is 6.33 Å². The summed E-state index contributed by atoms with van der Waals surface area (Å²) in [5.74, 6) is 1.26. The van der Waals surface area contributed by atoms with Crippen LogP contribution in [0.4, 0.5) is 5.82 Å². The maximum absolute atomic E-state index is 9.88. The van der Waals surface area contributed by atoms with Crippen LogP contribution in [0, 0.1) is 5.92 Å². The fraction of sp³-hybridized carbons (Fsp3) is 0.667. The summed E-state index contributed by atoms with van der Waals surface area (Å²) in [7, 11) is 4.27. The number of thiophene rings is 1. The van der Waals surface area contributed by atoms with Crippen LogP contribution in [0.5, 0.6) is 0 Å². The third-order valence-corrected chi connectivity index (χ3v) is 6.94. The third-order valence-electron chi connectivity index (χ3n) is 5.74. The van der Waals surface area contributed by atoms with Crippen molar-refractivity contribution in [2.24, 2.45) is 5.92 Å². The normalized spacial score (nSPS) is 26.9. The molecule has 0 aliphatic heterocycles. The van der Waals surface area contributed by atoms with Gasteiger partial charge in [0.05, 0.1) is 5.39 Å². The molecule has 130 valence electrons. The summed E-state index contributed by atoms with van der Waals surface area (Å²) in [4.78, 5) is 13.9. The van der Waals surface area contributed by atoms with Crippen LogP contribution in [-0.2, 0) is 12.8 Å². The van der Waals surface area contributed by atoms with E-state index in [1.807, 2.05) is 11.3 Å². The largest absolute Gasteiger partial charge is 0.396 e. The first-order valence-corrected chi connectivity index (χ1v) is 9.78. The summed E-state index contributed by atoms with van der Waals surface area (Å²) in [6, 6.07) is 0.859. The number of aromatic nitrogens is 2. The summed E-state index contributed by atoms with van der Waals surface area (Å²) < 4.78 is 0. The minimum Gasteiger partial charge on any atom is -0.396 e. The fourth-order valence-corrected chi connectivity index (χ4v) is 5.54. The van der Waals surface area contributed by atoms with E-state index in [9.17, 15) is 5.11 Å². The molecule has 2 aliphatic carbocycles. The Morgan fingerprint density at radius 1 is 1.29 bits per heavy atom. The highest BCUT2D eigenvalue weighted by Gasteiger charge is 2.32. The molecule has 2 aromatic rings. The molecule has 6 heteroatoms. The van der Waals surface area contributed by atoms with Crippen molar-refractivity contribution in [1.29, 1.82) is 0 Å². The first kappa shape index (κ1) is 16.2. The van der Waals surface area contributed by atoms with Crippen LogP contribution in [0.3, 0.4) is 0 Å². The predicted octanol–water partition coefficient (Wildman–Crippen LogP) is 2.68. The molecule has 0 radical (unpaired) electrons. The molecule has 0 saturated heterocycles. The Morgan fingerprint density at radius 2 is 2.17 bits per heavy atom. The van der Waals surface area contributed by atoms with Gasteiger partial charge in [-0.05, 0) is 58.2 Å². The van der Waals surface area contributed by atoms with Crippen molar-refractivity contribution >= 4 is 27.4 Å². The first-order valence-electron chi connectivity index (χ1n) is 8.96. The van der Waals surface area contributed by atoms with E-state index in [1.165, 1.54) is 28.7 Å². The number of hydrogen-bond donors (Lipinski definition) is 2. The minimum absolute atomic E-state index is 0.234. The molecule has 0 amide bonds. The Hall–Kier alpha value is -1.24. The summed E-state index contributed by atoms with van der Waals surface area (Å²) in [6.45, 7) is 0.234. The zero-order chi connectivity index (χ0) is 16.7. The van der Waals surface area contributed by atoms with Gasteiger partial charge in [-0.15, -0.1) is 11.3 Å². The molecule has 0 spiro atoms. The molecule has 2 aliphatic rings. The number of hydrogen-bond acceptors (Lipinski definition) is 6. The highest BCUT2D eigenvalue weighted by molar-refractivity contribution is 7.19. The van der Waals surface area contributed by atoms with Gasteiger partial charge in [0, 0.05) is 29.5 Å². The maximum atomic E-state index is 9.88. The lowest BCUT2D eigenvalue weighted by atomic mass is 9.81. The van der Waals surface area contributed by atoms with Crippen molar-refractivity contribution in [3.63, 3.8) is 0 Å². The molecule has 2 heterocycles. The van der Waals surface area contributed by atoms with Crippen molar-refractivity contribution in [3.8, 4) is 0 Å². The number of nitrogens with one attached hydrogen (secondary N) is 1. The second-order valence-corrected chi connectivity index (χ2v) is 8.47. The van der Waals surface area contributed by atoms with E-state index in [-0.39, 0.29) is 12.5 Å². The molecule has 2 aromatic heterocycles. The highest BCUT2D eigenvalue weighted by atomic mass is 32.1. The topological polar surface area (TPSA) is 61.3 Å². The molecule has 3 atom stereocenters. The molecule has 0 aromatic carbocycles. The van der Waals surface area contributed by atoms with Gasteiger partial charge in [-0.2, -0.15) is 0 Å². The lowest BCUT2D eigenvalue weighted by molar-refractivity contribution is 0.121. The van der Waals surface area contributed by atoms with E-state index in [0.29, 0.717) is 12.1 Å². The summed E-state index contributed by atoms with van der Waals surface area (Å²) in [6.07, 6.45) is 8.53. The van der Waals surface area contributed by atoms with Crippen LogP contribution in [0.2, 0.25) is 0 Å². The smallest absolute Gasteiger partial charge is 0.138 e. The van der Waals surface area contributed by atoms with Gasteiger partial charge in [0.15, 0.2) is 0 Å². The van der Waals surface area contributed by atoms with Crippen molar-refractivity contribution in [1.82, 2.24) is 14.9 Å². The predicted molar refractivity (Wildman–Crippen MR) is 98.8 cm³/mol. The fourth-order valence-electron chi connectivity index (χ4n) is 4.31. The van der Waals surface area contributed by atoms with Crippen LogP contribution < -0.4 is 5.32 Å². The second kappa shape index (κ2) is 6.58. The molecule has 1 fully saturated rings. The Kier molecular flexibility index (Phi) is 4.45. The van der Waals surface area contributed by atoms with Gasteiger partial charge in [0.2, 0.25) is 0 Å². The lowest BCUT2D eigenvalue weighted by Crippen LogP contribution is -2.43. The van der Waals surface area contributed by atoms with Crippen LogP contribution >= 0.6 is 11.3 Å². The van der Waals surface area contributed by atoms with E-state index < -0.39 is 0 Å². The van der Waals surface area contributed by atoms with Crippen LogP contribution in [0.1, 0.15) is 36.1 Å². The van der Waals surface area contributed by atoms with E-state index in [2.05, 4.69) is 34.3 Å². The summed E-state index contributed by atoms with van der Waals surface area (Å²) in [5.41, 5.74) is 1.46. The van der Waals surface area contributed by atoms with E-state index in [4.69, 9.17) is 0 Å². The number of aryl methyl sites for hydroxylation is 2. The summed E-state index contributed by atoms with van der Waals surface area (Å²) in [5, 5.41) is 14.8. The molecule has 4 rings (SSSR count). The van der Waals surface area contributed by atoms with Gasteiger partial charge in [0.25, 0.3) is 0 Å². The van der Waals surface area contributed by atoms with Gasteiger partial charge in [-0.3, -0.25) is 0 Å². The molecule has 0 unspecified atom stereocenters.